The van der Waals surface area contributed by atoms with Crippen LogP contribution in [0.15, 0.2) is 85.5 Å². The van der Waals surface area contributed by atoms with Gasteiger partial charge in [-0.05, 0) is 72.8 Å². The van der Waals surface area contributed by atoms with Gasteiger partial charge in [-0.25, -0.2) is 19.6 Å². The lowest BCUT2D eigenvalue weighted by Crippen LogP contribution is -2.25. The Kier molecular flexibility index (Phi) is 5.76. The lowest BCUT2D eigenvalue weighted by molar-refractivity contribution is 0.0592. The van der Waals surface area contributed by atoms with Gasteiger partial charge in [-0.3, -0.25) is 13.7 Å². The number of carbonyl (C=O) groups excluding carboxylic acids is 2. The second-order valence-electron chi connectivity index (χ2n) is 9.60. The molecule has 0 fully saturated rings. The average molecular weight is 580 g/mol. The fourth-order valence-electron chi connectivity index (χ4n) is 5.13. The first-order valence-corrected chi connectivity index (χ1v) is 14.4. The highest BCUT2D eigenvalue weighted by atomic mass is 31.2. The van der Waals surface area contributed by atoms with Crippen molar-refractivity contribution in [3.8, 4) is 22.9 Å². The molecule has 0 spiro atoms. The summed E-state index contributed by atoms with van der Waals surface area (Å²) in [6.45, 7) is 0. The second kappa shape index (κ2) is 9.41. The minimum atomic E-state index is -4.11. The molecule has 11 nitrogen and oxygen atoms in total. The molecule has 4 aromatic carbocycles. The van der Waals surface area contributed by atoms with Gasteiger partial charge in [-0.2, -0.15) is 0 Å². The number of ether oxygens (including phenoxy) is 3. The maximum atomic E-state index is 14.1. The molecule has 0 aliphatic carbocycles. The number of imidazole rings is 2. The van der Waals surface area contributed by atoms with Crippen molar-refractivity contribution in [1.82, 2.24) is 19.1 Å². The Morgan fingerprint density at radius 3 is 1.60 bits per heavy atom. The zero-order valence-electron chi connectivity index (χ0n) is 22.2. The molecule has 2 aromatic heterocycles. The maximum Gasteiger partial charge on any atom is 0.337 e. The average Bonchev–Trinajstić information content (AvgIpc) is 3.64. The molecule has 7 rings (SSSR count). The minimum Gasteiger partial charge on any atom is -0.465 e. The molecule has 0 radical (unpaired) electrons. The minimum absolute atomic E-state index is 0.149. The molecule has 42 heavy (non-hydrogen) atoms. The number of rotatable bonds is 4. The summed E-state index contributed by atoms with van der Waals surface area (Å²) in [4.78, 5) is 44.2. The lowest BCUT2D eigenvalue weighted by atomic mass is 10.2. The Morgan fingerprint density at radius 2 is 1.17 bits per heavy atom. The summed E-state index contributed by atoms with van der Waals surface area (Å²) >= 11 is 0. The maximum absolute atomic E-state index is 14.1. The monoisotopic (exact) mass is 580 g/mol. The Balaban J connectivity index is 1.28. The van der Waals surface area contributed by atoms with Crippen molar-refractivity contribution in [2.24, 2.45) is 0 Å². The van der Waals surface area contributed by atoms with E-state index in [4.69, 9.17) is 14.2 Å². The van der Waals surface area contributed by atoms with Gasteiger partial charge < -0.3 is 19.1 Å². The predicted octanol–water partition coefficient (Wildman–Crippen LogP) is 4.26. The number of esters is 2. The molecule has 1 aliphatic heterocycles. The van der Waals surface area contributed by atoms with Crippen LogP contribution < -0.4 is 15.3 Å². The van der Waals surface area contributed by atoms with E-state index < -0.39 is 19.3 Å². The molecule has 0 amide bonds. The number of benzene rings is 4. The Labute approximate surface area is 238 Å². The number of methoxy groups -OCH3 is 2. The SMILES string of the molecule is COC(=O)c1ccc2c(c1)ncn2-c1ccc2c(c1)P(=O)(O)c1cc(-n3cnc4cc(C(=O)OC)ccc43)ccc1O2. The van der Waals surface area contributed by atoms with E-state index in [0.29, 0.717) is 44.6 Å². The zero-order chi connectivity index (χ0) is 29.2. The first kappa shape index (κ1) is 25.7. The fourth-order valence-corrected chi connectivity index (χ4v) is 6.84. The number of hydrogen-bond donors (Lipinski definition) is 1. The predicted molar refractivity (Wildman–Crippen MR) is 154 cm³/mol. The van der Waals surface area contributed by atoms with Crippen LogP contribution >= 0.6 is 7.37 Å². The second-order valence-corrected chi connectivity index (χ2v) is 11.7. The standard InChI is InChI=1S/C30H21N4O7P/c1-39-29(35)17-3-7-23-21(11-17)31-15-33(23)19-5-9-25-27(13-19)42(37,38)28-14-20(6-10-26(28)41-25)34-16-32-22-12-18(30(36)40-2)4-8-24(22)34/h3-16H,1-2H3,(H,37,38). The van der Waals surface area contributed by atoms with Crippen molar-refractivity contribution in [2.75, 3.05) is 14.2 Å². The third-order valence-electron chi connectivity index (χ3n) is 7.25. The van der Waals surface area contributed by atoms with E-state index in [9.17, 15) is 19.0 Å². The molecule has 6 aromatic rings. The number of carbonyl (C=O) groups is 2. The van der Waals surface area contributed by atoms with E-state index in [1.54, 1.807) is 94.6 Å². The molecule has 0 bridgehead atoms. The Hall–Kier alpha value is -5.25. The van der Waals surface area contributed by atoms with Crippen LogP contribution in [0.25, 0.3) is 33.4 Å². The van der Waals surface area contributed by atoms with E-state index in [1.807, 2.05) is 0 Å². The van der Waals surface area contributed by atoms with Crippen LogP contribution in [0.2, 0.25) is 0 Å². The van der Waals surface area contributed by atoms with Gasteiger partial charge in [-0.15, -0.1) is 0 Å². The molecule has 1 N–H and O–H groups in total. The van der Waals surface area contributed by atoms with Crippen molar-refractivity contribution in [2.45, 2.75) is 0 Å². The summed E-state index contributed by atoms with van der Waals surface area (Å²) in [5.41, 5.74) is 4.49. The third-order valence-corrected chi connectivity index (χ3v) is 9.26. The molecule has 12 heteroatoms. The summed E-state index contributed by atoms with van der Waals surface area (Å²) in [5, 5.41) is 0.298. The van der Waals surface area contributed by atoms with Crippen LogP contribution in [0.4, 0.5) is 0 Å². The Bertz CT molecular complexity index is 2000. The van der Waals surface area contributed by atoms with Gasteiger partial charge in [0.1, 0.15) is 24.2 Å². The van der Waals surface area contributed by atoms with Gasteiger partial charge in [0.05, 0.1) is 58.0 Å². The van der Waals surface area contributed by atoms with Crippen molar-refractivity contribution < 1.29 is 33.3 Å². The number of nitrogens with zero attached hydrogens (tertiary/aromatic N) is 4. The van der Waals surface area contributed by atoms with Crippen molar-refractivity contribution in [1.29, 1.82) is 0 Å². The van der Waals surface area contributed by atoms with Gasteiger partial charge in [0.2, 0.25) is 0 Å². The van der Waals surface area contributed by atoms with E-state index >= 15 is 0 Å². The zero-order valence-corrected chi connectivity index (χ0v) is 23.1. The van der Waals surface area contributed by atoms with Crippen LogP contribution in [-0.4, -0.2) is 50.2 Å². The molecule has 0 saturated heterocycles. The van der Waals surface area contributed by atoms with E-state index in [-0.39, 0.29) is 22.1 Å². The summed E-state index contributed by atoms with van der Waals surface area (Å²) in [6, 6.07) is 20.1. The highest BCUT2D eigenvalue weighted by molar-refractivity contribution is 7.74. The van der Waals surface area contributed by atoms with E-state index in [1.165, 1.54) is 14.2 Å². The van der Waals surface area contributed by atoms with Gasteiger partial charge in [0.25, 0.3) is 7.37 Å². The summed E-state index contributed by atoms with van der Waals surface area (Å²) < 4.78 is 33.3. The molecule has 208 valence electrons. The molecule has 1 aliphatic rings. The van der Waals surface area contributed by atoms with Crippen LogP contribution in [-0.2, 0) is 14.0 Å². The number of fused-ring (bicyclic) bond motifs is 4. The molecule has 0 unspecified atom stereocenters. The quantitative estimate of drug-likeness (QED) is 0.240. The molecular weight excluding hydrogens is 559 g/mol. The largest absolute Gasteiger partial charge is 0.465 e. The van der Waals surface area contributed by atoms with Gasteiger partial charge in [-0.1, -0.05) is 0 Å². The van der Waals surface area contributed by atoms with Crippen LogP contribution in [0.5, 0.6) is 11.5 Å². The summed E-state index contributed by atoms with van der Waals surface area (Å²) in [6.07, 6.45) is 3.17. The van der Waals surface area contributed by atoms with Gasteiger partial charge in [0.15, 0.2) is 0 Å². The van der Waals surface area contributed by atoms with Gasteiger partial charge >= 0.3 is 11.9 Å². The highest BCUT2D eigenvalue weighted by Crippen LogP contribution is 2.49. The first-order valence-electron chi connectivity index (χ1n) is 12.7. The molecular formula is C30H21N4O7P. The van der Waals surface area contributed by atoms with Gasteiger partial charge in [0, 0.05) is 11.4 Å². The lowest BCUT2D eigenvalue weighted by Gasteiger charge is -2.26. The van der Waals surface area contributed by atoms with E-state index in [0.717, 1.165) is 0 Å². The smallest absolute Gasteiger partial charge is 0.337 e. The van der Waals surface area contributed by atoms with Crippen molar-refractivity contribution >= 4 is 52.0 Å². The number of aromatic nitrogens is 4. The third kappa shape index (κ3) is 3.90. The summed E-state index contributed by atoms with van der Waals surface area (Å²) in [7, 11) is -1.48. The summed E-state index contributed by atoms with van der Waals surface area (Å²) in [5.74, 6) is -0.367. The molecule has 0 saturated carbocycles. The number of hydrogen-bond acceptors (Lipinski definition) is 8. The van der Waals surface area contributed by atoms with E-state index in [2.05, 4.69) is 9.97 Å². The molecule has 3 heterocycles. The first-order chi connectivity index (χ1) is 20.3. The Morgan fingerprint density at radius 1 is 0.714 bits per heavy atom. The van der Waals surface area contributed by atoms with Crippen molar-refractivity contribution in [3.05, 3.63) is 96.6 Å². The van der Waals surface area contributed by atoms with Crippen LogP contribution in [0, 0.1) is 0 Å². The topological polar surface area (TPSA) is 135 Å². The fraction of sp³-hybridized carbons (Fsp3) is 0.0667. The van der Waals surface area contributed by atoms with Crippen LogP contribution in [0.3, 0.4) is 0 Å². The highest BCUT2D eigenvalue weighted by Gasteiger charge is 2.37. The van der Waals surface area contributed by atoms with Crippen LogP contribution in [0.1, 0.15) is 20.7 Å². The van der Waals surface area contributed by atoms with Crippen molar-refractivity contribution in [3.63, 3.8) is 0 Å². The molecule has 0 atom stereocenters. The normalized spacial score (nSPS) is 13.3.